The van der Waals surface area contributed by atoms with E-state index in [2.05, 4.69) is 0 Å². The van der Waals surface area contributed by atoms with E-state index in [-0.39, 0.29) is 0 Å². The maximum atomic E-state index is 11.7. The van der Waals surface area contributed by atoms with Gasteiger partial charge in [-0.3, -0.25) is 4.79 Å². The Labute approximate surface area is 66.2 Å². The normalized spacial score (nSPS) is 68.9. The highest BCUT2D eigenvalue weighted by molar-refractivity contribution is 5.89. The van der Waals surface area contributed by atoms with Crippen LogP contribution >= 0.6 is 0 Å². The Morgan fingerprint density at radius 3 is 2.55 bits per heavy atom. The van der Waals surface area contributed by atoms with Crippen molar-refractivity contribution in [1.29, 1.82) is 0 Å². The zero-order valence-corrected chi connectivity index (χ0v) is 6.49. The van der Waals surface area contributed by atoms with E-state index in [1.807, 2.05) is 0 Å². The Morgan fingerprint density at radius 2 is 1.82 bits per heavy atom. The van der Waals surface area contributed by atoms with Crippen LogP contribution in [0, 0.1) is 35.5 Å². The number of fused-ring (bicyclic) bond motifs is 4. The van der Waals surface area contributed by atoms with Crippen molar-refractivity contribution in [1.82, 2.24) is 0 Å². The summed E-state index contributed by atoms with van der Waals surface area (Å²) in [5.41, 5.74) is 0. The first-order valence-corrected chi connectivity index (χ1v) is 4.90. The van der Waals surface area contributed by atoms with Crippen molar-refractivity contribution in [3.05, 3.63) is 0 Å². The summed E-state index contributed by atoms with van der Waals surface area (Å²) >= 11 is 0. The van der Waals surface area contributed by atoms with Crippen LogP contribution in [0.3, 0.4) is 0 Å². The van der Waals surface area contributed by atoms with Crippen molar-refractivity contribution in [3.63, 3.8) is 0 Å². The fraction of sp³-hybridized carbons (Fsp3) is 0.900. The molecule has 1 heteroatoms. The molecule has 0 aromatic heterocycles. The zero-order valence-electron chi connectivity index (χ0n) is 6.49. The highest BCUT2D eigenvalue weighted by atomic mass is 16.1. The Bertz CT molecular complexity index is 254. The van der Waals surface area contributed by atoms with Crippen molar-refractivity contribution in [2.24, 2.45) is 35.5 Å². The standard InChI is InChI=1S/C10H12O/c11-10-8-3-7-5-1-4(9(7)10)2-6(5)8/h4-9H,1-3H2/t4?,5-,6+,7+,8-,9+/m0/s1. The summed E-state index contributed by atoms with van der Waals surface area (Å²) in [6, 6.07) is 0. The molecule has 0 aromatic carbocycles. The molecule has 0 radical (unpaired) electrons. The molecule has 0 aromatic rings. The number of rotatable bonds is 0. The summed E-state index contributed by atoms with van der Waals surface area (Å²) in [4.78, 5) is 11.7. The fourth-order valence-corrected chi connectivity index (χ4v) is 4.82. The topological polar surface area (TPSA) is 17.1 Å². The minimum absolute atomic E-state index is 0.550. The molecular weight excluding hydrogens is 136 g/mol. The summed E-state index contributed by atoms with van der Waals surface area (Å²) in [5, 5.41) is 0. The lowest BCUT2D eigenvalue weighted by Crippen LogP contribution is -2.36. The lowest BCUT2D eigenvalue weighted by Gasteiger charge is -2.33. The second-order valence-electron chi connectivity index (χ2n) is 4.99. The Balaban J connectivity index is 2.00. The molecule has 6 atom stereocenters. The minimum atomic E-state index is 0.550. The fourth-order valence-electron chi connectivity index (χ4n) is 4.82. The molecule has 0 spiro atoms. The Hall–Kier alpha value is -0.330. The molecule has 0 aliphatic heterocycles. The van der Waals surface area contributed by atoms with Crippen LogP contribution < -0.4 is 0 Å². The number of hydrogen-bond donors (Lipinski definition) is 0. The molecule has 1 unspecified atom stereocenters. The first-order chi connectivity index (χ1) is 5.36. The molecule has 4 aliphatic rings. The van der Waals surface area contributed by atoms with Gasteiger partial charge in [-0.25, -0.2) is 0 Å². The van der Waals surface area contributed by atoms with Crippen LogP contribution in [0.4, 0.5) is 0 Å². The van der Waals surface area contributed by atoms with Gasteiger partial charge in [-0.2, -0.15) is 0 Å². The average molecular weight is 148 g/mol. The van der Waals surface area contributed by atoms with Gasteiger partial charge in [0.05, 0.1) is 0 Å². The van der Waals surface area contributed by atoms with Crippen LogP contribution in [0.2, 0.25) is 0 Å². The maximum absolute atomic E-state index is 11.7. The average Bonchev–Trinajstić information content (AvgIpc) is 2.53. The molecule has 0 saturated heterocycles. The first kappa shape index (κ1) is 5.34. The van der Waals surface area contributed by atoms with Crippen LogP contribution in [0.1, 0.15) is 19.3 Å². The van der Waals surface area contributed by atoms with E-state index in [9.17, 15) is 4.79 Å². The maximum Gasteiger partial charge on any atom is 0.139 e. The minimum Gasteiger partial charge on any atom is -0.299 e. The smallest absolute Gasteiger partial charge is 0.139 e. The summed E-state index contributed by atoms with van der Waals surface area (Å²) in [7, 11) is 0. The molecule has 0 heterocycles. The number of hydrogen-bond acceptors (Lipinski definition) is 1. The highest BCUT2D eigenvalue weighted by Crippen LogP contribution is 2.70. The van der Waals surface area contributed by atoms with Gasteiger partial charge in [-0.15, -0.1) is 0 Å². The van der Waals surface area contributed by atoms with Crippen molar-refractivity contribution in [3.8, 4) is 0 Å². The van der Waals surface area contributed by atoms with E-state index in [0.717, 1.165) is 23.7 Å². The third kappa shape index (κ3) is 0.361. The van der Waals surface area contributed by atoms with Crippen molar-refractivity contribution < 1.29 is 4.79 Å². The number of carbonyl (C=O) groups excluding carboxylic acids is 1. The summed E-state index contributed by atoms with van der Waals surface area (Å²) in [6.45, 7) is 0. The van der Waals surface area contributed by atoms with Gasteiger partial charge in [0.2, 0.25) is 0 Å². The number of ketones is 1. The SMILES string of the molecule is O=C1[C@H]2C[C@@H]3[C@H]4CC(C[C@H]42)[C@@H]13. The molecule has 4 saturated carbocycles. The molecule has 58 valence electrons. The zero-order chi connectivity index (χ0) is 7.16. The van der Waals surface area contributed by atoms with Gasteiger partial charge in [0, 0.05) is 11.8 Å². The molecule has 4 bridgehead atoms. The number of carbonyl (C=O) groups is 1. The second kappa shape index (κ2) is 1.30. The summed E-state index contributed by atoms with van der Waals surface area (Å²) in [6.07, 6.45) is 4.12. The van der Waals surface area contributed by atoms with E-state index in [0.29, 0.717) is 17.6 Å². The van der Waals surface area contributed by atoms with Gasteiger partial charge in [0.1, 0.15) is 5.78 Å². The van der Waals surface area contributed by atoms with Gasteiger partial charge in [0.25, 0.3) is 0 Å². The van der Waals surface area contributed by atoms with Gasteiger partial charge in [0.15, 0.2) is 0 Å². The molecular formula is C10H12O. The summed E-state index contributed by atoms with van der Waals surface area (Å²) in [5.74, 6) is 5.38. The largest absolute Gasteiger partial charge is 0.299 e. The van der Waals surface area contributed by atoms with Gasteiger partial charge < -0.3 is 0 Å². The third-order valence-corrected chi connectivity index (χ3v) is 4.96. The van der Waals surface area contributed by atoms with Crippen molar-refractivity contribution >= 4 is 5.78 Å². The molecule has 4 rings (SSSR count). The quantitative estimate of drug-likeness (QED) is 0.508. The van der Waals surface area contributed by atoms with Crippen LogP contribution in [0.15, 0.2) is 0 Å². The second-order valence-corrected chi connectivity index (χ2v) is 4.99. The number of Topliss-reactive ketones (excluding diaryl/α,β-unsaturated/α-hetero) is 1. The lowest BCUT2D eigenvalue weighted by molar-refractivity contribution is -0.131. The first-order valence-electron chi connectivity index (χ1n) is 4.90. The van der Waals surface area contributed by atoms with Crippen LogP contribution in [0.5, 0.6) is 0 Å². The Kier molecular flexibility index (Phi) is 0.630. The van der Waals surface area contributed by atoms with Crippen molar-refractivity contribution in [2.45, 2.75) is 19.3 Å². The predicted molar refractivity (Wildman–Crippen MR) is 39.8 cm³/mol. The highest BCUT2D eigenvalue weighted by Gasteiger charge is 2.68. The molecule has 4 aliphatic carbocycles. The molecule has 0 N–H and O–H groups in total. The molecule has 1 nitrogen and oxygen atoms in total. The monoisotopic (exact) mass is 148 g/mol. The van der Waals surface area contributed by atoms with Gasteiger partial charge in [-0.05, 0) is 42.9 Å². The van der Waals surface area contributed by atoms with E-state index in [1.54, 1.807) is 0 Å². The lowest BCUT2D eigenvalue weighted by atomic mass is 9.70. The van der Waals surface area contributed by atoms with E-state index in [1.165, 1.54) is 19.3 Å². The molecule has 4 fully saturated rings. The van der Waals surface area contributed by atoms with Gasteiger partial charge in [-0.1, -0.05) is 0 Å². The van der Waals surface area contributed by atoms with Crippen LogP contribution in [0.25, 0.3) is 0 Å². The van der Waals surface area contributed by atoms with Crippen LogP contribution in [-0.2, 0) is 4.79 Å². The Morgan fingerprint density at radius 1 is 1.00 bits per heavy atom. The van der Waals surface area contributed by atoms with E-state index >= 15 is 0 Å². The van der Waals surface area contributed by atoms with Crippen molar-refractivity contribution in [2.75, 3.05) is 0 Å². The summed E-state index contributed by atoms with van der Waals surface area (Å²) < 4.78 is 0. The molecule has 0 amide bonds. The van der Waals surface area contributed by atoms with Crippen LogP contribution in [-0.4, -0.2) is 5.78 Å². The van der Waals surface area contributed by atoms with E-state index < -0.39 is 0 Å². The predicted octanol–water partition coefficient (Wildman–Crippen LogP) is 1.48. The van der Waals surface area contributed by atoms with E-state index in [4.69, 9.17) is 0 Å². The molecule has 11 heavy (non-hydrogen) atoms. The third-order valence-electron chi connectivity index (χ3n) is 4.96. The van der Waals surface area contributed by atoms with Gasteiger partial charge >= 0.3 is 0 Å².